The normalized spacial score (nSPS) is 24.0. The predicted molar refractivity (Wildman–Crippen MR) is 56.0 cm³/mol. The van der Waals surface area contributed by atoms with Crippen molar-refractivity contribution in [2.24, 2.45) is 5.92 Å². The Morgan fingerprint density at radius 2 is 2.13 bits per heavy atom. The van der Waals surface area contributed by atoms with Crippen molar-refractivity contribution < 1.29 is 13.5 Å². The molecule has 0 aliphatic carbocycles. The van der Waals surface area contributed by atoms with E-state index in [2.05, 4.69) is 9.64 Å². The lowest BCUT2D eigenvalue weighted by Gasteiger charge is -2.23. The lowest BCUT2D eigenvalue weighted by molar-refractivity contribution is -0.265. The number of hydrogen-bond donors (Lipinski definition) is 0. The number of nitrogens with zero attached hydrogens (tertiary/aromatic N) is 1. The molecule has 0 N–H and O–H groups in total. The molecule has 1 aliphatic rings. The monoisotopic (exact) mass is 221 g/mol. The van der Waals surface area contributed by atoms with Crippen molar-refractivity contribution in [2.75, 3.05) is 20.2 Å². The van der Waals surface area contributed by atoms with E-state index in [1.807, 2.05) is 7.05 Å². The highest BCUT2D eigenvalue weighted by atomic mass is 19.3. The van der Waals surface area contributed by atoms with E-state index in [1.54, 1.807) is 0 Å². The highest BCUT2D eigenvalue weighted by Gasteiger charge is 2.34. The Labute approximate surface area is 90.6 Å². The van der Waals surface area contributed by atoms with Crippen LogP contribution in [0, 0.1) is 5.92 Å². The first kappa shape index (κ1) is 12.8. The molecule has 0 radical (unpaired) electrons. The lowest BCUT2D eigenvalue weighted by atomic mass is 10.1. The maximum atomic E-state index is 13.1. The van der Waals surface area contributed by atoms with Gasteiger partial charge in [-0.05, 0) is 32.9 Å². The minimum absolute atomic E-state index is 0.153. The van der Waals surface area contributed by atoms with Crippen LogP contribution < -0.4 is 0 Å². The van der Waals surface area contributed by atoms with Crippen molar-refractivity contribution in [1.29, 1.82) is 0 Å². The molecule has 1 aliphatic heterocycles. The second-order valence-electron chi connectivity index (χ2n) is 4.63. The number of ether oxygens (including phenoxy) is 1. The average Bonchev–Trinajstić information content (AvgIpc) is 2.51. The molecular weight excluding hydrogens is 200 g/mol. The zero-order chi connectivity index (χ0) is 11.5. The smallest absolute Gasteiger partial charge is 0.320 e. The van der Waals surface area contributed by atoms with E-state index in [4.69, 9.17) is 0 Å². The van der Waals surface area contributed by atoms with Gasteiger partial charge in [0.15, 0.2) is 0 Å². The van der Waals surface area contributed by atoms with E-state index in [9.17, 15) is 8.78 Å². The largest absolute Gasteiger partial charge is 0.357 e. The lowest BCUT2D eigenvalue weighted by Crippen LogP contribution is -2.31. The Morgan fingerprint density at radius 1 is 1.47 bits per heavy atom. The molecule has 2 nitrogen and oxygen atoms in total. The first-order chi connectivity index (χ1) is 6.93. The van der Waals surface area contributed by atoms with Gasteiger partial charge in [-0.15, -0.1) is 0 Å². The summed E-state index contributed by atoms with van der Waals surface area (Å²) in [6.45, 7) is 4.18. The third-order valence-corrected chi connectivity index (χ3v) is 3.09. The molecule has 0 saturated carbocycles. The Balaban J connectivity index is 2.21. The standard InChI is InChI=1S/C11H21F2NO/c1-9(2)11(12,13)15-8-6-10-5-4-7-14(10)3/h9-10H,4-8H2,1-3H3. The van der Waals surface area contributed by atoms with Crippen molar-refractivity contribution in [1.82, 2.24) is 4.90 Å². The van der Waals surface area contributed by atoms with Crippen LogP contribution in [-0.4, -0.2) is 37.2 Å². The van der Waals surface area contributed by atoms with Crippen LogP contribution in [0.25, 0.3) is 0 Å². The maximum Gasteiger partial charge on any atom is 0.357 e. The summed E-state index contributed by atoms with van der Waals surface area (Å²) in [4.78, 5) is 2.22. The molecule has 1 atom stereocenters. The van der Waals surface area contributed by atoms with Gasteiger partial charge >= 0.3 is 6.11 Å². The summed E-state index contributed by atoms with van der Waals surface area (Å²) < 4.78 is 30.8. The number of rotatable bonds is 5. The van der Waals surface area contributed by atoms with Crippen LogP contribution in [0.5, 0.6) is 0 Å². The van der Waals surface area contributed by atoms with E-state index >= 15 is 0 Å². The van der Waals surface area contributed by atoms with Crippen LogP contribution in [0.2, 0.25) is 0 Å². The van der Waals surface area contributed by atoms with Crippen molar-refractivity contribution in [2.45, 2.75) is 45.3 Å². The fraction of sp³-hybridized carbons (Fsp3) is 1.00. The second kappa shape index (κ2) is 5.21. The summed E-state index contributed by atoms with van der Waals surface area (Å²) in [6, 6.07) is 0.424. The highest BCUT2D eigenvalue weighted by Crippen LogP contribution is 2.26. The number of halogens is 2. The molecular formula is C11H21F2NO. The van der Waals surface area contributed by atoms with Crippen LogP contribution in [0.1, 0.15) is 33.1 Å². The average molecular weight is 221 g/mol. The quantitative estimate of drug-likeness (QED) is 0.707. The molecule has 0 amide bonds. The van der Waals surface area contributed by atoms with Crippen molar-refractivity contribution in [3.8, 4) is 0 Å². The fourth-order valence-electron chi connectivity index (χ4n) is 1.84. The van der Waals surface area contributed by atoms with Crippen molar-refractivity contribution in [3.63, 3.8) is 0 Å². The maximum absolute atomic E-state index is 13.1. The van der Waals surface area contributed by atoms with Gasteiger partial charge in [0.2, 0.25) is 0 Å². The molecule has 1 rings (SSSR count). The van der Waals surface area contributed by atoms with Crippen molar-refractivity contribution >= 4 is 0 Å². The Bertz CT molecular complexity index is 197. The summed E-state index contributed by atoms with van der Waals surface area (Å²) in [5.74, 6) is -0.751. The van der Waals surface area contributed by atoms with E-state index < -0.39 is 12.0 Å². The first-order valence-electron chi connectivity index (χ1n) is 5.65. The minimum Gasteiger partial charge on any atom is -0.320 e. The molecule has 0 aromatic carbocycles. The molecule has 90 valence electrons. The van der Waals surface area contributed by atoms with E-state index in [1.165, 1.54) is 20.3 Å². The molecule has 1 heterocycles. The summed E-state index contributed by atoms with van der Waals surface area (Å²) >= 11 is 0. The van der Waals surface area contributed by atoms with Gasteiger partial charge in [-0.2, -0.15) is 8.78 Å². The summed E-state index contributed by atoms with van der Waals surface area (Å²) in [7, 11) is 2.04. The summed E-state index contributed by atoms with van der Waals surface area (Å²) in [5, 5.41) is 0. The fourth-order valence-corrected chi connectivity index (χ4v) is 1.84. The molecule has 0 aromatic rings. The molecule has 1 fully saturated rings. The van der Waals surface area contributed by atoms with Gasteiger partial charge in [-0.25, -0.2) is 0 Å². The zero-order valence-electron chi connectivity index (χ0n) is 9.80. The molecule has 0 aromatic heterocycles. The van der Waals surface area contributed by atoms with Crippen LogP contribution in [0.3, 0.4) is 0 Å². The third kappa shape index (κ3) is 3.68. The Morgan fingerprint density at radius 3 is 2.60 bits per heavy atom. The molecule has 0 spiro atoms. The van der Waals surface area contributed by atoms with Gasteiger partial charge in [0.05, 0.1) is 6.61 Å². The Kier molecular flexibility index (Phi) is 4.46. The van der Waals surface area contributed by atoms with E-state index in [0.717, 1.165) is 13.0 Å². The number of likely N-dealkylation sites (tertiary alicyclic amines) is 1. The van der Waals surface area contributed by atoms with Gasteiger partial charge in [0.25, 0.3) is 0 Å². The van der Waals surface area contributed by atoms with Crippen molar-refractivity contribution in [3.05, 3.63) is 0 Å². The molecule has 1 unspecified atom stereocenters. The highest BCUT2D eigenvalue weighted by molar-refractivity contribution is 4.76. The SMILES string of the molecule is CC(C)C(F)(F)OCCC1CCCN1C. The zero-order valence-corrected chi connectivity index (χ0v) is 9.80. The summed E-state index contributed by atoms with van der Waals surface area (Å²) in [5.41, 5.74) is 0. The molecule has 0 bridgehead atoms. The topological polar surface area (TPSA) is 12.5 Å². The summed E-state index contributed by atoms with van der Waals surface area (Å²) in [6.07, 6.45) is 0.00480. The van der Waals surface area contributed by atoms with Crippen LogP contribution in [0.4, 0.5) is 8.78 Å². The van der Waals surface area contributed by atoms with Crippen LogP contribution in [0.15, 0.2) is 0 Å². The van der Waals surface area contributed by atoms with Gasteiger partial charge in [0, 0.05) is 12.0 Å². The molecule has 15 heavy (non-hydrogen) atoms. The molecule has 4 heteroatoms. The van der Waals surface area contributed by atoms with E-state index in [-0.39, 0.29) is 6.61 Å². The van der Waals surface area contributed by atoms with Gasteiger partial charge in [0.1, 0.15) is 0 Å². The first-order valence-corrected chi connectivity index (χ1v) is 5.65. The van der Waals surface area contributed by atoms with Gasteiger partial charge in [-0.3, -0.25) is 0 Å². The Hall–Kier alpha value is -0.220. The van der Waals surface area contributed by atoms with Gasteiger partial charge in [-0.1, -0.05) is 13.8 Å². The second-order valence-corrected chi connectivity index (χ2v) is 4.63. The minimum atomic E-state index is -2.98. The predicted octanol–water partition coefficient (Wildman–Crippen LogP) is 2.74. The third-order valence-electron chi connectivity index (χ3n) is 3.09. The van der Waals surface area contributed by atoms with Crippen LogP contribution >= 0.6 is 0 Å². The number of hydrogen-bond acceptors (Lipinski definition) is 2. The molecule has 1 saturated heterocycles. The number of alkyl halides is 2. The van der Waals surface area contributed by atoms with Gasteiger partial charge < -0.3 is 9.64 Å². The van der Waals surface area contributed by atoms with Crippen LogP contribution in [-0.2, 0) is 4.74 Å². The van der Waals surface area contributed by atoms with E-state index in [0.29, 0.717) is 12.5 Å².